The van der Waals surface area contributed by atoms with Crippen molar-refractivity contribution in [1.29, 1.82) is 0 Å². The second kappa shape index (κ2) is 7.84. The lowest BCUT2D eigenvalue weighted by molar-refractivity contribution is 0.0295. The Bertz CT molecular complexity index is 391. The predicted octanol–water partition coefficient (Wildman–Crippen LogP) is 5.05. The number of thiophene rings is 1. The number of halogens is 2. The van der Waals surface area contributed by atoms with Gasteiger partial charge in [0.25, 0.3) is 0 Å². The van der Waals surface area contributed by atoms with Crippen LogP contribution in [0, 0.1) is 0 Å². The fraction of sp³-hybridized carbons (Fsp3) is 0.714. The van der Waals surface area contributed by atoms with Crippen LogP contribution in [-0.2, 0) is 4.74 Å². The van der Waals surface area contributed by atoms with E-state index in [0.29, 0.717) is 6.10 Å². The lowest BCUT2D eigenvalue weighted by Crippen LogP contribution is -2.26. The smallest absolute Gasteiger partial charge is 0.0991 e. The molecule has 0 radical (unpaired) electrons. The third-order valence-electron chi connectivity index (χ3n) is 3.61. The van der Waals surface area contributed by atoms with Crippen LogP contribution < -0.4 is 5.32 Å². The molecule has 1 aliphatic rings. The Kier molecular flexibility index (Phi) is 6.43. The maximum atomic E-state index is 6.14. The van der Waals surface area contributed by atoms with E-state index in [2.05, 4.69) is 12.2 Å². The summed E-state index contributed by atoms with van der Waals surface area (Å²) in [7, 11) is 0. The van der Waals surface area contributed by atoms with Crippen LogP contribution in [0.4, 0.5) is 0 Å². The van der Waals surface area contributed by atoms with Crippen LogP contribution in [0.2, 0.25) is 8.67 Å². The normalized spacial score (nSPS) is 18.7. The molecule has 0 amide bonds. The Morgan fingerprint density at radius 3 is 2.74 bits per heavy atom. The minimum atomic E-state index is 0.214. The number of ether oxygens (including phenoxy) is 1. The van der Waals surface area contributed by atoms with E-state index in [1.165, 1.54) is 43.4 Å². The molecule has 1 fully saturated rings. The van der Waals surface area contributed by atoms with Gasteiger partial charge in [-0.25, -0.2) is 0 Å². The van der Waals surface area contributed by atoms with Crippen LogP contribution in [0.3, 0.4) is 0 Å². The van der Waals surface area contributed by atoms with Crippen molar-refractivity contribution in [2.75, 3.05) is 13.2 Å². The van der Waals surface area contributed by atoms with Gasteiger partial charge < -0.3 is 10.1 Å². The monoisotopic (exact) mass is 321 g/mol. The number of hydrogen-bond donors (Lipinski definition) is 1. The number of rotatable bonds is 6. The molecule has 108 valence electrons. The molecular formula is C14H21Cl2NOS. The first-order valence-electron chi connectivity index (χ1n) is 6.96. The fourth-order valence-corrected chi connectivity index (χ4v) is 4.14. The van der Waals surface area contributed by atoms with E-state index in [1.807, 2.05) is 6.07 Å². The summed E-state index contributed by atoms with van der Waals surface area (Å²) in [6.45, 7) is 3.72. The highest BCUT2D eigenvalue weighted by molar-refractivity contribution is 7.20. The molecule has 1 aromatic heterocycles. The predicted molar refractivity (Wildman–Crippen MR) is 83.6 cm³/mol. The SMILES string of the molecule is CC(NCCOC1CCCCC1)c1cc(Cl)sc1Cl. The summed E-state index contributed by atoms with van der Waals surface area (Å²) in [6.07, 6.45) is 6.93. The highest BCUT2D eigenvalue weighted by Gasteiger charge is 2.15. The molecular weight excluding hydrogens is 301 g/mol. The van der Waals surface area contributed by atoms with Crippen LogP contribution in [-0.4, -0.2) is 19.3 Å². The van der Waals surface area contributed by atoms with E-state index in [1.54, 1.807) is 0 Å². The zero-order valence-corrected chi connectivity index (χ0v) is 13.6. The van der Waals surface area contributed by atoms with E-state index < -0.39 is 0 Å². The summed E-state index contributed by atoms with van der Waals surface area (Å²) in [6, 6.07) is 2.15. The zero-order valence-electron chi connectivity index (χ0n) is 11.3. The second-order valence-electron chi connectivity index (χ2n) is 5.09. The van der Waals surface area contributed by atoms with Crippen LogP contribution >= 0.6 is 34.5 Å². The van der Waals surface area contributed by atoms with Gasteiger partial charge in [-0.1, -0.05) is 42.5 Å². The molecule has 2 nitrogen and oxygen atoms in total. The highest BCUT2D eigenvalue weighted by Crippen LogP contribution is 2.34. The van der Waals surface area contributed by atoms with Gasteiger partial charge in [0.2, 0.25) is 0 Å². The molecule has 19 heavy (non-hydrogen) atoms. The Labute approximate surface area is 129 Å². The number of nitrogens with one attached hydrogen (secondary N) is 1. The van der Waals surface area contributed by atoms with Gasteiger partial charge in [0.15, 0.2) is 0 Å². The van der Waals surface area contributed by atoms with Gasteiger partial charge in [-0.3, -0.25) is 0 Å². The summed E-state index contributed by atoms with van der Waals surface area (Å²) in [4.78, 5) is 0. The Morgan fingerprint density at radius 2 is 2.11 bits per heavy atom. The summed E-state index contributed by atoms with van der Waals surface area (Å²) in [5.41, 5.74) is 1.08. The maximum Gasteiger partial charge on any atom is 0.0991 e. The van der Waals surface area contributed by atoms with Crippen LogP contribution in [0.25, 0.3) is 0 Å². The minimum absolute atomic E-state index is 0.214. The van der Waals surface area contributed by atoms with Gasteiger partial charge in [0.1, 0.15) is 0 Å². The molecule has 1 aliphatic carbocycles. The van der Waals surface area contributed by atoms with Gasteiger partial charge in [0.05, 0.1) is 21.4 Å². The molecule has 0 aliphatic heterocycles. The van der Waals surface area contributed by atoms with Gasteiger partial charge in [-0.15, -0.1) is 11.3 Å². The van der Waals surface area contributed by atoms with Crippen molar-refractivity contribution < 1.29 is 4.74 Å². The third kappa shape index (κ3) is 4.91. The van der Waals surface area contributed by atoms with Crippen molar-refractivity contribution in [2.45, 2.75) is 51.2 Å². The standard InChI is InChI=1S/C14H21Cl2NOS/c1-10(12-9-13(15)19-14(12)16)17-7-8-18-11-5-3-2-4-6-11/h9-11,17H,2-8H2,1H3. The van der Waals surface area contributed by atoms with Crippen molar-refractivity contribution >= 4 is 34.5 Å². The van der Waals surface area contributed by atoms with Crippen molar-refractivity contribution in [2.24, 2.45) is 0 Å². The van der Waals surface area contributed by atoms with Crippen molar-refractivity contribution in [3.63, 3.8) is 0 Å². The molecule has 0 saturated heterocycles. The quantitative estimate of drug-likeness (QED) is 0.740. The molecule has 1 unspecified atom stereocenters. The van der Waals surface area contributed by atoms with Crippen molar-refractivity contribution in [1.82, 2.24) is 5.32 Å². The summed E-state index contributed by atoms with van der Waals surface area (Å²) in [5.74, 6) is 0. The van der Waals surface area contributed by atoms with Crippen molar-refractivity contribution in [3.05, 3.63) is 20.3 Å². The molecule has 1 saturated carbocycles. The van der Waals surface area contributed by atoms with Crippen LogP contribution in [0.5, 0.6) is 0 Å². The number of hydrogen-bond acceptors (Lipinski definition) is 3. The summed E-state index contributed by atoms with van der Waals surface area (Å²) >= 11 is 13.5. The second-order valence-corrected chi connectivity index (χ2v) is 7.37. The average Bonchev–Trinajstić information content (AvgIpc) is 2.75. The largest absolute Gasteiger partial charge is 0.377 e. The Balaban J connectivity index is 1.66. The Morgan fingerprint density at radius 1 is 1.37 bits per heavy atom. The fourth-order valence-electron chi connectivity index (χ4n) is 2.49. The van der Waals surface area contributed by atoms with E-state index in [9.17, 15) is 0 Å². The molecule has 0 bridgehead atoms. The van der Waals surface area contributed by atoms with E-state index in [4.69, 9.17) is 27.9 Å². The maximum absolute atomic E-state index is 6.14. The molecule has 1 heterocycles. The lowest BCUT2D eigenvalue weighted by Gasteiger charge is -2.22. The van der Waals surface area contributed by atoms with Gasteiger partial charge in [-0.2, -0.15) is 0 Å². The molecule has 1 aromatic rings. The first-order chi connectivity index (χ1) is 9.16. The van der Waals surface area contributed by atoms with E-state index >= 15 is 0 Å². The highest BCUT2D eigenvalue weighted by atomic mass is 35.5. The van der Waals surface area contributed by atoms with Crippen LogP contribution in [0.15, 0.2) is 6.07 Å². The topological polar surface area (TPSA) is 21.3 Å². The summed E-state index contributed by atoms with van der Waals surface area (Å²) in [5, 5.41) is 3.43. The first kappa shape index (κ1) is 15.6. The zero-order chi connectivity index (χ0) is 13.7. The van der Waals surface area contributed by atoms with Gasteiger partial charge in [0, 0.05) is 12.6 Å². The average molecular weight is 322 g/mol. The first-order valence-corrected chi connectivity index (χ1v) is 8.54. The van der Waals surface area contributed by atoms with E-state index in [0.717, 1.165) is 27.4 Å². The molecule has 2 rings (SSSR count). The lowest BCUT2D eigenvalue weighted by atomic mass is 9.98. The van der Waals surface area contributed by atoms with Gasteiger partial charge >= 0.3 is 0 Å². The molecule has 1 atom stereocenters. The van der Waals surface area contributed by atoms with Crippen LogP contribution in [0.1, 0.15) is 50.6 Å². The molecule has 0 spiro atoms. The Hall–Kier alpha value is 0.200. The van der Waals surface area contributed by atoms with Crippen molar-refractivity contribution in [3.8, 4) is 0 Å². The molecule has 1 N–H and O–H groups in total. The third-order valence-corrected chi connectivity index (χ3v) is 5.13. The molecule has 0 aromatic carbocycles. The van der Waals surface area contributed by atoms with E-state index in [-0.39, 0.29) is 6.04 Å². The molecule has 5 heteroatoms. The minimum Gasteiger partial charge on any atom is -0.377 e. The van der Waals surface area contributed by atoms with Gasteiger partial charge in [-0.05, 0) is 31.4 Å². The summed E-state index contributed by atoms with van der Waals surface area (Å²) < 4.78 is 7.40.